The van der Waals surface area contributed by atoms with Crippen LogP contribution >= 0.6 is 0 Å². The predicted molar refractivity (Wildman–Crippen MR) is 108 cm³/mol. The number of aromatic nitrogens is 1. The lowest BCUT2D eigenvalue weighted by molar-refractivity contribution is 0.0951. The Hall–Kier alpha value is -3.41. The van der Waals surface area contributed by atoms with E-state index in [1.807, 2.05) is 66.3 Å². The monoisotopic (exact) mass is 380 g/mol. The van der Waals surface area contributed by atoms with Crippen LogP contribution in [0.15, 0.2) is 54.9 Å². The molecule has 0 aliphatic carbocycles. The summed E-state index contributed by atoms with van der Waals surface area (Å²) in [7, 11) is 4.69. The van der Waals surface area contributed by atoms with Gasteiger partial charge in [0, 0.05) is 30.2 Å². The summed E-state index contributed by atoms with van der Waals surface area (Å²) >= 11 is 0. The van der Waals surface area contributed by atoms with E-state index >= 15 is 0 Å². The van der Waals surface area contributed by atoms with E-state index in [0.29, 0.717) is 29.4 Å². The number of benzene rings is 2. The fourth-order valence-electron chi connectivity index (χ4n) is 3.05. The number of carbonyl (C=O) groups excluding carboxylic acids is 1. The number of carbonyl (C=O) groups is 1. The van der Waals surface area contributed by atoms with Gasteiger partial charge in [-0.25, -0.2) is 0 Å². The summed E-state index contributed by atoms with van der Waals surface area (Å²) in [5.74, 6) is 1.48. The van der Waals surface area contributed by atoms with E-state index in [2.05, 4.69) is 5.32 Å². The average Bonchev–Trinajstić information content (AvgIpc) is 3.26. The van der Waals surface area contributed by atoms with Crippen LogP contribution < -0.4 is 19.5 Å². The molecule has 2 aromatic carbocycles. The molecule has 146 valence electrons. The van der Waals surface area contributed by atoms with Crippen molar-refractivity contribution in [2.45, 2.75) is 13.5 Å². The lowest BCUT2D eigenvalue weighted by Crippen LogP contribution is -2.23. The van der Waals surface area contributed by atoms with Crippen molar-refractivity contribution in [2.24, 2.45) is 0 Å². The Morgan fingerprint density at radius 2 is 1.61 bits per heavy atom. The van der Waals surface area contributed by atoms with E-state index in [4.69, 9.17) is 14.2 Å². The summed E-state index contributed by atoms with van der Waals surface area (Å²) in [4.78, 5) is 12.7. The number of rotatable bonds is 7. The number of nitrogens with zero attached hydrogens (tertiary/aromatic N) is 1. The third-order valence-electron chi connectivity index (χ3n) is 4.53. The van der Waals surface area contributed by atoms with Gasteiger partial charge in [0.2, 0.25) is 5.75 Å². The molecule has 1 aromatic heterocycles. The summed E-state index contributed by atoms with van der Waals surface area (Å²) in [6.45, 7) is 2.36. The normalized spacial score (nSPS) is 10.4. The molecule has 0 unspecified atom stereocenters. The van der Waals surface area contributed by atoms with E-state index in [-0.39, 0.29) is 5.91 Å². The highest BCUT2D eigenvalue weighted by Crippen LogP contribution is 2.38. The third kappa shape index (κ3) is 3.96. The Morgan fingerprint density at radius 3 is 2.18 bits per heavy atom. The van der Waals surface area contributed by atoms with Crippen LogP contribution in [-0.2, 0) is 6.54 Å². The second kappa shape index (κ2) is 8.52. The Labute approximate surface area is 164 Å². The lowest BCUT2D eigenvalue weighted by Gasteiger charge is -2.15. The van der Waals surface area contributed by atoms with Crippen LogP contribution in [0.4, 0.5) is 0 Å². The molecule has 0 aliphatic rings. The third-order valence-corrected chi connectivity index (χ3v) is 4.53. The standard InChI is InChI=1S/C22H24N2O4/c1-15-7-8-17(13-18(15)24-9-5-6-10-24)22(25)23-14-16-11-19(26-2)21(28-4)20(12-16)27-3/h5-13H,14H2,1-4H3,(H,23,25). The fraction of sp³-hybridized carbons (Fsp3) is 0.227. The Morgan fingerprint density at radius 1 is 0.964 bits per heavy atom. The first-order valence-corrected chi connectivity index (χ1v) is 8.88. The molecule has 0 radical (unpaired) electrons. The van der Waals surface area contributed by atoms with Crippen LogP contribution in [0, 0.1) is 6.92 Å². The second-order valence-electron chi connectivity index (χ2n) is 6.31. The quantitative estimate of drug-likeness (QED) is 0.678. The van der Waals surface area contributed by atoms with Crippen LogP contribution in [0.3, 0.4) is 0 Å². The van der Waals surface area contributed by atoms with Gasteiger partial charge in [0.1, 0.15) is 0 Å². The molecule has 0 atom stereocenters. The Balaban J connectivity index is 1.79. The van der Waals surface area contributed by atoms with E-state index in [1.165, 1.54) is 0 Å². The van der Waals surface area contributed by atoms with E-state index < -0.39 is 0 Å². The summed E-state index contributed by atoms with van der Waals surface area (Å²) < 4.78 is 18.0. The summed E-state index contributed by atoms with van der Waals surface area (Å²) in [6.07, 6.45) is 3.92. The molecular formula is C22H24N2O4. The SMILES string of the molecule is COc1cc(CNC(=O)c2ccc(C)c(-n3cccc3)c2)cc(OC)c1OC. The van der Waals surface area contributed by atoms with Crippen molar-refractivity contribution in [3.05, 3.63) is 71.5 Å². The lowest BCUT2D eigenvalue weighted by atomic mass is 10.1. The highest BCUT2D eigenvalue weighted by Gasteiger charge is 2.14. The number of hydrogen-bond donors (Lipinski definition) is 1. The highest BCUT2D eigenvalue weighted by molar-refractivity contribution is 5.94. The number of ether oxygens (including phenoxy) is 3. The molecule has 0 spiro atoms. The van der Waals surface area contributed by atoms with E-state index in [9.17, 15) is 4.79 Å². The zero-order chi connectivity index (χ0) is 20.1. The van der Waals surface area contributed by atoms with Gasteiger partial charge >= 0.3 is 0 Å². The van der Waals surface area contributed by atoms with Crippen LogP contribution in [0.2, 0.25) is 0 Å². The predicted octanol–water partition coefficient (Wildman–Crippen LogP) is 3.74. The molecule has 0 saturated carbocycles. The van der Waals surface area contributed by atoms with Gasteiger partial charge in [0.25, 0.3) is 5.91 Å². The van der Waals surface area contributed by atoms with Crippen LogP contribution in [-0.4, -0.2) is 31.8 Å². The maximum atomic E-state index is 12.7. The maximum Gasteiger partial charge on any atom is 0.251 e. The number of nitrogens with one attached hydrogen (secondary N) is 1. The van der Waals surface area contributed by atoms with Crippen molar-refractivity contribution >= 4 is 5.91 Å². The molecular weight excluding hydrogens is 356 g/mol. The number of hydrogen-bond acceptors (Lipinski definition) is 4. The van der Waals surface area contributed by atoms with Gasteiger partial charge in [-0.15, -0.1) is 0 Å². The molecule has 1 N–H and O–H groups in total. The summed E-state index contributed by atoms with van der Waals surface area (Å²) in [6, 6.07) is 13.2. The van der Waals surface area contributed by atoms with Crippen LogP contribution in [0.5, 0.6) is 17.2 Å². The molecule has 0 saturated heterocycles. The summed E-state index contributed by atoms with van der Waals surface area (Å²) in [5.41, 5.74) is 3.52. The summed E-state index contributed by atoms with van der Waals surface area (Å²) in [5, 5.41) is 2.95. The van der Waals surface area contributed by atoms with Crippen molar-refractivity contribution in [2.75, 3.05) is 21.3 Å². The largest absolute Gasteiger partial charge is 0.493 e. The number of aryl methyl sites for hydroxylation is 1. The van der Waals surface area contributed by atoms with Gasteiger partial charge in [-0.05, 0) is 54.4 Å². The van der Waals surface area contributed by atoms with Gasteiger partial charge < -0.3 is 24.1 Å². The van der Waals surface area contributed by atoms with Gasteiger partial charge in [-0.2, -0.15) is 0 Å². The molecule has 6 nitrogen and oxygen atoms in total. The van der Waals surface area contributed by atoms with Crippen molar-refractivity contribution in [3.8, 4) is 22.9 Å². The second-order valence-corrected chi connectivity index (χ2v) is 6.31. The van der Waals surface area contributed by atoms with Gasteiger partial charge in [-0.3, -0.25) is 4.79 Å². The highest BCUT2D eigenvalue weighted by atomic mass is 16.5. The first kappa shape index (κ1) is 19.4. The molecule has 1 amide bonds. The minimum Gasteiger partial charge on any atom is -0.493 e. The van der Waals surface area contributed by atoms with Crippen molar-refractivity contribution in [1.29, 1.82) is 0 Å². The van der Waals surface area contributed by atoms with Crippen molar-refractivity contribution in [3.63, 3.8) is 0 Å². The van der Waals surface area contributed by atoms with Gasteiger partial charge in [0.05, 0.1) is 21.3 Å². The molecule has 3 rings (SSSR count). The van der Waals surface area contributed by atoms with Crippen LogP contribution in [0.25, 0.3) is 5.69 Å². The van der Waals surface area contributed by atoms with Crippen molar-refractivity contribution < 1.29 is 19.0 Å². The fourth-order valence-corrected chi connectivity index (χ4v) is 3.05. The van der Waals surface area contributed by atoms with E-state index in [0.717, 1.165) is 16.8 Å². The molecule has 1 heterocycles. The number of amides is 1. The maximum absolute atomic E-state index is 12.7. The van der Waals surface area contributed by atoms with Crippen molar-refractivity contribution in [1.82, 2.24) is 9.88 Å². The molecule has 6 heteroatoms. The minimum atomic E-state index is -0.151. The minimum absolute atomic E-state index is 0.151. The first-order valence-electron chi connectivity index (χ1n) is 8.88. The molecule has 0 aliphatic heterocycles. The zero-order valence-corrected chi connectivity index (χ0v) is 16.5. The van der Waals surface area contributed by atoms with E-state index in [1.54, 1.807) is 21.3 Å². The zero-order valence-electron chi connectivity index (χ0n) is 16.5. The Kier molecular flexibility index (Phi) is 5.89. The Bertz CT molecular complexity index is 940. The average molecular weight is 380 g/mol. The smallest absolute Gasteiger partial charge is 0.251 e. The van der Waals surface area contributed by atoms with Gasteiger partial charge in [-0.1, -0.05) is 6.07 Å². The topological polar surface area (TPSA) is 61.7 Å². The molecule has 3 aromatic rings. The van der Waals surface area contributed by atoms with Crippen LogP contribution in [0.1, 0.15) is 21.5 Å². The molecule has 28 heavy (non-hydrogen) atoms. The molecule has 0 bridgehead atoms. The molecule has 0 fully saturated rings. The first-order chi connectivity index (χ1) is 13.6. The van der Waals surface area contributed by atoms with Gasteiger partial charge in [0.15, 0.2) is 11.5 Å². The number of methoxy groups -OCH3 is 3.